The summed E-state index contributed by atoms with van der Waals surface area (Å²) in [5, 5.41) is 15.1. The highest BCUT2D eigenvalue weighted by Gasteiger charge is 2.21. The maximum absolute atomic E-state index is 13.4. The van der Waals surface area contributed by atoms with Crippen molar-refractivity contribution in [3.05, 3.63) is 84.3 Å². The number of hydrogen-bond acceptors (Lipinski definition) is 5. The Morgan fingerprint density at radius 2 is 1.87 bits per heavy atom. The number of tetrazole rings is 1. The van der Waals surface area contributed by atoms with E-state index >= 15 is 0 Å². The Hall–Kier alpha value is -4.00. The van der Waals surface area contributed by atoms with Crippen molar-refractivity contribution >= 4 is 23.4 Å². The topological polar surface area (TPSA) is 85.8 Å². The van der Waals surface area contributed by atoms with E-state index < -0.39 is 0 Å². The number of carbonyl (C=O) groups is 1. The highest BCUT2D eigenvalue weighted by Crippen LogP contribution is 2.28. The quantitative estimate of drug-likeness (QED) is 0.427. The van der Waals surface area contributed by atoms with Crippen LogP contribution in [0.1, 0.15) is 37.5 Å². The van der Waals surface area contributed by atoms with Gasteiger partial charge < -0.3 is 9.73 Å². The monoisotopic (exact) mass is 413 g/mol. The normalized spacial score (nSPS) is 12.5. The van der Waals surface area contributed by atoms with Crippen LogP contribution in [0, 0.1) is 0 Å². The van der Waals surface area contributed by atoms with Gasteiger partial charge in [-0.2, -0.15) is 4.68 Å². The fourth-order valence-corrected chi connectivity index (χ4v) is 3.29. The van der Waals surface area contributed by atoms with Crippen LogP contribution >= 0.6 is 0 Å². The standard InChI is InChI=1S/C24H23N5O2/c1-3-17(2)20-13-7-8-14-21(20)25-24(30)22(16-19-12-9-15-31-19)29-23(26-27-28-29)18-10-5-4-6-11-18/h4-17H,3H2,1-2H3,(H,25,30). The number of hydrogen-bond donors (Lipinski definition) is 1. The molecule has 156 valence electrons. The molecule has 1 atom stereocenters. The van der Waals surface area contributed by atoms with Gasteiger partial charge in [0.25, 0.3) is 5.91 Å². The predicted octanol–water partition coefficient (Wildman–Crippen LogP) is 5.08. The molecule has 0 fully saturated rings. The molecule has 0 saturated carbocycles. The average Bonchev–Trinajstić information content (AvgIpc) is 3.50. The number of para-hydroxylation sites is 1. The van der Waals surface area contributed by atoms with Crippen LogP contribution in [-0.2, 0) is 4.79 Å². The zero-order chi connectivity index (χ0) is 21.6. The number of nitrogens with zero attached hydrogens (tertiary/aromatic N) is 4. The fraction of sp³-hybridized carbons (Fsp3) is 0.167. The van der Waals surface area contributed by atoms with Gasteiger partial charge in [0.2, 0.25) is 0 Å². The summed E-state index contributed by atoms with van der Waals surface area (Å²) in [6.45, 7) is 4.26. The first kappa shape index (κ1) is 20.3. The van der Waals surface area contributed by atoms with Gasteiger partial charge in [-0.1, -0.05) is 62.4 Å². The molecule has 7 nitrogen and oxygen atoms in total. The van der Waals surface area contributed by atoms with Crippen molar-refractivity contribution in [3.8, 4) is 11.4 Å². The molecule has 31 heavy (non-hydrogen) atoms. The minimum atomic E-state index is -0.336. The van der Waals surface area contributed by atoms with Gasteiger partial charge in [0.05, 0.1) is 6.26 Å². The van der Waals surface area contributed by atoms with Crippen LogP contribution < -0.4 is 5.32 Å². The van der Waals surface area contributed by atoms with Crippen LogP contribution in [0.2, 0.25) is 0 Å². The number of carbonyl (C=O) groups excluding carboxylic acids is 1. The van der Waals surface area contributed by atoms with Gasteiger partial charge in [0.1, 0.15) is 11.5 Å². The molecular weight excluding hydrogens is 390 g/mol. The van der Waals surface area contributed by atoms with Crippen molar-refractivity contribution < 1.29 is 9.21 Å². The van der Waals surface area contributed by atoms with Gasteiger partial charge in [-0.25, -0.2) is 0 Å². The number of aromatic nitrogens is 4. The van der Waals surface area contributed by atoms with E-state index in [4.69, 9.17) is 4.42 Å². The van der Waals surface area contributed by atoms with E-state index in [1.807, 2.05) is 54.6 Å². The zero-order valence-electron chi connectivity index (χ0n) is 17.4. The molecule has 4 rings (SSSR count). The lowest BCUT2D eigenvalue weighted by Gasteiger charge is -2.16. The smallest absolute Gasteiger partial charge is 0.274 e. The molecular formula is C24H23N5O2. The molecule has 7 heteroatoms. The lowest BCUT2D eigenvalue weighted by atomic mass is 9.97. The maximum Gasteiger partial charge on any atom is 0.274 e. The summed E-state index contributed by atoms with van der Waals surface area (Å²) in [5.41, 5.74) is 2.89. The summed E-state index contributed by atoms with van der Waals surface area (Å²) in [6.07, 6.45) is 4.15. The summed E-state index contributed by atoms with van der Waals surface area (Å²) in [4.78, 5) is 13.4. The second-order valence-electron chi connectivity index (χ2n) is 7.18. The largest absolute Gasteiger partial charge is 0.465 e. The van der Waals surface area contributed by atoms with Gasteiger partial charge >= 0.3 is 0 Å². The van der Waals surface area contributed by atoms with Crippen molar-refractivity contribution in [2.45, 2.75) is 26.2 Å². The van der Waals surface area contributed by atoms with Crippen LogP contribution in [0.3, 0.4) is 0 Å². The molecule has 0 aliphatic heterocycles. The molecule has 1 N–H and O–H groups in total. The van der Waals surface area contributed by atoms with Crippen LogP contribution in [-0.4, -0.2) is 26.1 Å². The number of amides is 1. The third-order valence-electron chi connectivity index (χ3n) is 5.14. The van der Waals surface area contributed by atoms with Crippen molar-refractivity contribution in [2.75, 3.05) is 5.32 Å². The fourth-order valence-electron chi connectivity index (χ4n) is 3.29. The molecule has 0 radical (unpaired) electrons. The Morgan fingerprint density at radius 3 is 2.61 bits per heavy atom. The molecule has 0 spiro atoms. The minimum absolute atomic E-state index is 0.248. The Bertz CT molecular complexity index is 1180. The first-order valence-corrected chi connectivity index (χ1v) is 10.2. The van der Waals surface area contributed by atoms with E-state index in [2.05, 4.69) is 34.7 Å². The summed E-state index contributed by atoms with van der Waals surface area (Å²) < 4.78 is 6.88. The van der Waals surface area contributed by atoms with E-state index in [1.165, 1.54) is 4.68 Å². The predicted molar refractivity (Wildman–Crippen MR) is 120 cm³/mol. The molecule has 1 unspecified atom stereocenters. The summed E-state index contributed by atoms with van der Waals surface area (Å²) in [5.74, 6) is 0.956. The summed E-state index contributed by atoms with van der Waals surface area (Å²) in [6, 6.07) is 20.8. The third kappa shape index (κ3) is 4.45. The molecule has 0 aliphatic carbocycles. The van der Waals surface area contributed by atoms with Gasteiger partial charge in [-0.15, -0.1) is 5.10 Å². The SMILES string of the molecule is CCC(C)c1ccccc1NC(=O)C(=Cc1ccco1)n1nnnc1-c1ccccc1. The average molecular weight is 413 g/mol. The molecule has 1 amide bonds. The van der Waals surface area contributed by atoms with Gasteiger partial charge in [0.15, 0.2) is 5.82 Å². The Morgan fingerprint density at radius 1 is 1.10 bits per heavy atom. The Labute approximate surface area is 180 Å². The van der Waals surface area contributed by atoms with E-state index in [0.717, 1.165) is 23.2 Å². The first-order valence-electron chi connectivity index (χ1n) is 10.2. The lowest BCUT2D eigenvalue weighted by Crippen LogP contribution is -2.20. The molecule has 0 aliphatic rings. The molecule has 4 aromatic rings. The molecule has 2 aromatic heterocycles. The van der Waals surface area contributed by atoms with Crippen LogP contribution in [0.5, 0.6) is 0 Å². The number of rotatable bonds is 7. The molecule has 0 saturated heterocycles. The zero-order valence-corrected chi connectivity index (χ0v) is 17.4. The van der Waals surface area contributed by atoms with E-state index in [0.29, 0.717) is 17.5 Å². The van der Waals surface area contributed by atoms with Gasteiger partial charge in [-0.3, -0.25) is 4.79 Å². The molecule has 2 heterocycles. The Balaban J connectivity index is 1.75. The van der Waals surface area contributed by atoms with Crippen molar-refractivity contribution in [1.29, 1.82) is 0 Å². The van der Waals surface area contributed by atoms with Crippen LogP contribution in [0.25, 0.3) is 23.2 Å². The number of anilines is 1. The highest BCUT2D eigenvalue weighted by atomic mass is 16.3. The van der Waals surface area contributed by atoms with Crippen molar-refractivity contribution in [1.82, 2.24) is 20.2 Å². The van der Waals surface area contributed by atoms with E-state index in [1.54, 1.807) is 24.5 Å². The van der Waals surface area contributed by atoms with Gasteiger partial charge in [-0.05, 0) is 46.5 Å². The number of benzene rings is 2. The number of furan rings is 1. The minimum Gasteiger partial charge on any atom is -0.465 e. The summed E-state index contributed by atoms with van der Waals surface area (Å²) >= 11 is 0. The van der Waals surface area contributed by atoms with E-state index in [-0.39, 0.29) is 11.6 Å². The third-order valence-corrected chi connectivity index (χ3v) is 5.14. The van der Waals surface area contributed by atoms with Crippen LogP contribution in [0.4, 0.5) is 5.69 Å². The van der Waals surface area contributed by atoms with Crippen molar-refractivity contribution in [3.63, 3.8) is 0 Å². The van der Waals surface area contributed by atoms with Crippen molar-refractivity contribution in [2.24, 2.45) is 0 Å². The summed E-state index contributed by atoms with van der Waals surface area (Å²) in [7, 11) is 0. The first-order chi connectivity index (χ1) is 15.2. The second-order valence-corrected chi connectivity index (χ2v) is 7.18. The highest BCUT2D eigenvalue weighted by molar-refractivity contribution is 6.24. The van der Waals surface area contributed by atoms with Gasteiger partial charge in [0, 0.05) is 17.3 Å². The number of nitrogens with one attached hydrogen (secondary N) is 1. The molecule has 2 aromatic carbocycles. The maximum atomic E-state index is 13.4. The van der Waals surface area contributed by atoms with E-state index in [9.17, 15) is 4.79 Å². The Kier molecular flexibility index (Phi) is 6.03. The lowest BCUT2D eigenvalue weighted by molar-refractivity contribution is -0.111. The van der Waals surface area contributed by atoms with Crippen LogP contribution in [0.15, 0.2) is 77.4 Å². The second kappa shape index (κ2) is 9.21. The molecule has 0 bridgehead atoms.